The highest BCUT2D eigenvalue weighted by molar-refractivity contribution is 5.98. The second-order valence-corrected chi connectivity index (χ2v) is 27.1. The zero-order valence-corrected chi connectivity index (χ0v) is 57.0. The predicted molar refractivity (Wildman–Crippen MR) is 364 cm³/mol. The molecule has 26 nitrogen and oxygen atoms in total. The number of aliphatic hydroxyl groups excluding tert-OH is 1. The number of hydrogen-bond acceptors (Lipinski definition) is 15. The van der Waals surface area contributed by atoms with Crippen molar-refractivity contribution in [2.75, 3.05) is 33.4 Å². The molecular weight excluding hydrogens is 1290 g/mol. The van der Waals surface area contributed by atoms with Gasteiger partial charge in [0.15, 0.2) is 0 Å². The van der Waals surface area contributed by atoms with Crippen LogP contribution in [0.4, 0.5) is 9.18 Å². The molecule has 27 heteroatoms. The van der Waals surface area contributed by atoms with E-state index in [2.05, 4.69) is 42.2 Å². The number of hydrogen-bond donors (Lipinski definition) is 8. The number of fused-ring (bicyclic) bond motifs is 13. The molecule has 8 amide bonds. The number of alkyl carbamates (subject to hydrolysis) is 1. The fraction of sp³-hybridized carbons (Fsp3) is 0.466. The van der Waals surface area contributed by atoms with Gasteiger partial charge in [-0.05, 0) is 142 Å². The van der Waals surface area contributed by atoms with Crippen LogP contribution in [0.2, 0.25) is 0 Å². The van der Waals surface area contributed by atoms with Crippen molar-refractivity contribution in [1.82, 2.24) is 61.3 Å². The van der Waals surface area contributed by atoms with Crippen LogP contribution in [0.3, 0.4) is 0 Å². The van der Waals surface area contributed by atoms with Gasteiger partial charge in [0.1, 0.15) is 59.1 Å². The quantitative estimate of drug-likeness (QED) is 0.0576. The lowest BCUT2D eigenvalue weighted by atomic mass is 9.99. The summed E-state index contributed by atoms with van der Waals surface area (Å²) in [6.07, 6.45) is 6.53. The molecule has 4 aromatic carbocycles. The molecule has 0 unspecified atom stereocenters. The molecule has 8 atom stereocenters. The van der Waals surface area contributed by atoms with Gasteiger partial charge in [-0.15, -0.1) is 5.10 Å². The van der Waals surface area contributed by atoms with E-state index in [0.717, 1.165) is 22.3 Å². The number of carbonyl (C=O) groups excluding carboxylic acids is 8. The number of carboxylic acid groups (broad SMARTS) is 1. The third-order valence-corrected chi connectivity index (χ3v) is 18.3. The second kappa shape index (κ2) is 33.2. The van der Waals surface area contributed by atoms with Crippen molar-refractivity contribution in [3.05, 3.63) is 160 Å². The molecule has 2 saturated heterocycles. The average Bonchev–Trinajstić information content (AvgIpc) is 1.62. The standard InChI is InChI=1S/C73H89FN12O14/c1-44(87)64-68(93)78-57(35-46-20-24-54(98-5)25-21-46)70(95)85-30-12-16-60(85)67(92)75-29-27-47-19-22-49(39-76-62(88)17-7-6-8-18-63(89)90)50(34-47)41-84-43-53(81-82-84)42-83-40-51(55-38-52(74)23-26-59(55)83)37-58-71(96)86-31-28-61(65(86)69(94)80-64)99-32-10-9-13-45-14-11-15-48(33-45)36-56(66(91)77-58)79-72(97)100-73(2,3)4/h9-11,14-15,19-26,33-34,38,40,43-44,56-58,60-61,64-65,87H,6-8,12-13,16-18,27-32,35-37,39,41-42H2,1-5H3,(H,75,92)(H,76,88)(H,77,91)(H,78,93)(H,79,97)(H,80,94)(H,89,90)/b10-9+/t44-,56+,57+,58+,60+,61+,64+,65+/m1/s1. The Hall–Kier alpha value is -10.0. The van der Waals surface area contributed by atoms with E-state index in [9.17, 15) is 29.1 Å². The van der Waals surface area contributed by atoms with E-state index in [0.29, 0.717) is 84.0 Å². The van der Waals surface area contributed by atoms with Crippen LogP contribution in [-0.4, -0.2) is 180 Å². The Kier molecular flexibility index (Phi) is 24.2. The fourth-order valence-corrected chi connectivity index (χ4v) is 13.3. The molecule has 0 saturated carbocycles. The van der Waals surface area contributed by atoms with Crippen molar-refractivity contribution >= 4 is 64.3 Å². The molecule has 12 bridgehead atoms. The first-order chi connectivity index (χ1) is 47.9. The smallest absolute Gasteiger partial charge is 0.408 e. The number of amides is 8. The predicted octanol–water partition coefficient (Wildman–Crippen LogP) is 4.65. The maximum absolute atomic E-state index is 15.9. The molecule has 2 fully saturated rings. The Morgan fingerprint density at radius 3 is 2.35 bits per heavy atom. The third kappa shape index (κ3) is 19.2. The number of benzene rings is 4. The molecule has 6 heterocycles. The molecule has 2 aromatic heterocycles. The molecule has 0 spiro atoms. The first-order valence-electron chi connectivity index (χ1n) is 34.2. The summed E-state index contributed by atoms with van der Waals surface area (Å²) in [6, 6.07) is 15.7. The molecule has 10 rings (SSSR count). The van der Waals surface area contributed by atoms with Crippen LogP contribution in [-0.2, 0) is 99.6 Å². The number of aromatic nitrogens is 4. The van der Waals surface area contributed by atoms with E-state index in [1.165, 1.54) is 36.0 Å². The Morgan fingerprint density at radius 1 is 0.790 bits per heavy atom. The Balaban J connectivity index is 1.05. The van der Waals surface area contributed by atoms with Crippen molar-refractivity contribution in [2.24, 2.45) is 0 Å². The lowest BCUT2D eigenvalue weighted by Gasteiger charge is -2.33. The summed E-state index contributed by atoms with van der Waals surface area (Å²) in [4.78, 5) is 132. The third-order valence-electron chi connectivity index (χ3n) is 18.3. The number of ether oxygens (including phenoxy) is 3. The molecule has 100 heavy (non-hydrogen) atoms. The van der Waals surface area contributed by atoms with Crippen LogP contribution in [0.15, 0.2) is 109 Å². The number of carbonyl (C=O) groups is 9. The van der Waals surface area contributed by atoms with Gasteiger partial charge in [-0.25, -0.2) is 13.9 Å². The van der Waals surface area contributed by atoms with Gasteiger partial charge in [0.25, 0.3) is 0 Å². The van der Waals surface area contributed by atoms with Crippen LogP contribution >= 0.6 is 0 Å². The van der Waals surface area contributed by atoms with Crippen molar-refractivity contribution in [2.45, 2.75) is 185 Å². The Labute approximate surface area is 579 Å². The first kappa shape index (κ1) is 72.7. The average molecular weight is 1380 g/mol. The highest BCUT2D eigenvalue weighted by Crippen LogP contribution is 2.30. The van der Waals surface area contributed by atoms with Crippen LogP contribution in [0, 0.1) is 5.82 Å². The molecule has 4 aliphatic heterocycles. The summed E-state index contributed by atoms with van der Waals surface area (Å²) in [6.45, 7) is 6.93. The molecule has 532 valence electrons. The number of allylic oxidation sites excluding steroid dienone is 1. The number of nitrogens with zero attached hydrogens (tertiary/aromatic N) is 6. The van der Waals surface area contributed by atoms with Gasteiger partial charge in [0.05, 0.1) is 45.2 Å². The number of aliphatic carboxylic acids is 1. The van der Waals surface area contributed by atoms with Gasteiger partial charge in [-0.1, -0.05) is 78.4 Å². The second-order valence-electron chi connectivity index (χ2n) is 27.1. The van der Waals surface area contributed by atoms with E-state index in [1.807, 2.05) is 47.0 Å². The summed E-state index contributed by atoms with van der Waals surface area (Å²) in [5.74, 6) is -5.64. The summed E-state index contributed by atoms with van der Waals surface area (Å²) in [7, 11) is 1.51. The van der Waals surface area contributed by atoms with E-state index in [4.69, 9.17) is 19.3 Å². The van der Waals surface area contributed by atoms with Gasteiger partial charge in [-0.3, -0.25) is 38.4 Å². The summed E-state index contributed by atoms with van der Waals surface area (Å²) >= 11 is 0. The molecule has 8 N–H and O–H groups in total. The van der Waals surface area contributed by atoms with Crippen LogP contribution in [0.5, 0.6) is 5.75 Å². The van der Waals surface area contributed by atoms with E-state index >= 15 is 23.6 Å². The number of nitrogens with one attached hydrogen (secondary N) is 6. The number of methoxy groups -OCH3 is 1. The SMILES string of the molecule is COc1ccc(C[C@@H]2NC(=O)[C@H]([C@@H](C)O)NC(=O)[C@@H]3[C@@H]4CCN3C(=O)[C@H](Cc3cn(c5ccc(F)cc35)Cc3cn(nn3)Cc3cc(ccc3CNC(=O)CCCCCC(=O)O)CCNC(=O)[C@@H]3CCCN3C2=O)NC(=O)[C@@H](NC(=O)OC(C)(C)C)Cc2cccc(c2)C/C=C/CO4)cc1. The Bertz CT molecular complexity index is 4000. The zero-order valence-electron chi connectivity index (χ0n) is 57.0. The lowest BCUT2D eigenvalue weighted by Crippen LogP contribution is -2.63. The van der Waals surface area contributed by atoms with Gasteiger partial charge in [0.2, 0.25) is 41.4 Å². The van der Waals surface area contributed by atoms with Gasteiger partial charge in [-0.2, -0.15) is 0 Å². The summed E-state index contributed by atoms with van der Waals surface area (Å²) in [5, 5.41) is 47.2. The van der Waals surface area contributed by atoms with Crippen LogP contribution in [0.1, 0.15) is 124 Å². The fourth-order valence-electron chi connectivity index (χ4n) is 13.3. The number of carboxylic acids is 1. The molecule has 0 aliphatic carbocycles. The molecule has 6 aromatic rings. The zero-order chi connectivity index (χ0) is 71.2. The first-order valence-corrected chi connectivity index (χ1v) is 34.2. The van der Waals surface area contributed by atoms with E-state index < -0.39 is 107 Å². The van der Waals surface area contributed by atoms with Crippen LogP contribution in [0.25, 0.3) is 10.9 Å². The summed E-state index contributed by atoms with van der Waals surface area (Å²) in [5.41, 5.74) is 4.91. The van der Waals surface area contributed by atoms with Crippen molar-refractivity contribution in [3.8, 4) is 5.75 Å². The molecule has 4 aliphatic rings. The number of halogens is 1. The van der Waals surface area contributed by atoms with Gasteiger partial charge < -0.3 is 70.7 Å². The highest BCUT2D eigenvalue weighted by Gasteiger charge is 2.47. The van der Waals surface area contributed by atoms with Gasteiger partial charge >= 0.3 is 12.1 Å². The monoisotopic (exact) mass is 1380 g/mol. The highest BCUT2D eigenvalue weighted by atomic mass is 19.1. The molecular formula is C73H89FN12O14. The summed E-state index contributed by atoms with van der Waals surface area (Å²) < 4.78 is 36.7. The van der Waals surface area contributed by atoms with Crippen molar-refractivity contribution < 1.29 is 72.0 Å². The number of aliphatic hydroxyl groups is 1. The minimum Gasteiger partial charge on any atom is -0.497 e. The lowest BCUT2D eigenvalue weighted by molar-refractivity contribution is -0.146. The van der Waals surface area contributed by atoms with Crippen LogP contribution < -0.4 is 36.6 Å². The normalized spacial score (nSPS) is 22.2. The molecule has 0 radical (unpaired) electrons. The van der Waals surface area contributed by atoms with E-state index in [1.54, 1.807) is 80.3 Å². The minimum atomic E-state index is -1.75. The maximum atomic E-state index is 15.9. The maximum Gasteiger partial charge on any atom is 0.408 e. The minimum absolute atomic E-state index is 0.0172. The van der Waals surface area contributed by atoms with Crippen molar-refractivity contribution in [1.29, 1.82) is 0 Å². The Morgan fingerprint density at radius 2 is 1.58 bits per heavy atom. The van der Waals surface area contributed by atoms with E-state index in [-0.39, 0.29) is 90.3 Å². The largest absolute Gasteiger partial charge is 0.497 e. The van der Waals surface area contributed by atoms with Gasteiger partial charge in [0, 0.05) is 75.4 Å². The van der Waals surface area contributed by atoms with Crippen molar-refractivity contribution in [3.63, 3.8) is 0 Å². The number of rotatable bonds is 13. The topological polar surface area (TPSA) is 336 Å². The number of unbranched alkanes of at least 4 members (excludes halogenated alkanes) is 2.